The molecule has 96 valence electrons. The van der Waals surface area contributed by atoms with Crippen LogP contribution in [0.3, 0.4) is 0 Å². The van der Waals surface area contributed by atoms with Gasteiger partial charge in [0.1, 0.15) is 5.54 Å². The maximum atomic E-state index is 11.8. The van der Waals surface area contributed by atoms with Crippen LogP contribution in [0.1, 0.15) is 34.1 Å². The number of rotatable bonds is 7. The van der Waals surface area contributed by atoms with Crippen LogP contribution in [0, 0.1) is 0 Å². The molecular weight excluding hydrogens is 204 g/mol. The Labute approximate surface area is 99.3 Å². The van der Waals surface area contributed by atoms with Crippen molar-refractivity contribution in [2.45, 2.75) is 45.7 Å². The van der Waals surface area contributed by atoms with Gasteiger partial charge in [-0.1, -0.05) is 6.92 Å². The van der Waals surface area contributed by atoms with Crippen LogP contribution >= 0.6 is 0 Å². The molecular formula is C12H26N2O2. The van der Waals surface area contributed by atoms with E-state index < -0.39 is 5.54 Å². The molecule has 0 aliphatic heterocycles. The van der Waals surface area contributed by atoms with Crippen LogP contribution in [0.2, 0.25) is 0 Å². The number of hydrogen-bond donors (Lipinski definition) is 1. The Morgan fingerprint density at radius 1 is 1.50 bits per heavy atom. The molecule has 0 fully saturated rings. The number of nitrogens with zero attached hydrogens (tertiary/aromatic N) is 1. The minimum atomic E-state index is -0.598. The summed E-state index contributed by atoms with van der Waals surface area (Å²) in [5.41, 5.74) is -0.598. The molecule has 0 spiro atoms. The average molecular weight is 230 g/mol. The second kappa shape index (κ2) is 6.86. The normalized spacial score (nSPS) is 16.9. The minimum absolute atomic E-state index is 0.172. The number of hydrogen-bond acceptors (Lipinski definition) is 4. The summed E-state index contributed by atoms with van der Waals surface area (Å²) in [6, 6.07) is 0.340. The standard InChI is InChI=1S/C12H26N2O2/c1-7-14(6)10(3)9-12(4,13-5)11(15)16-8-2/h10,13H,7-9H2,1-6H3. The summed E-state index contributed by atoms with van der Waals surface area (Å²) in [7, 11) is 3.86. The van der Waals surface area contributed by atoms with Crippen molar-refractivity contribution in [2.24, 2.45) is 0 Å². The van der Waals surface area contributed by atoms with Crippen molar-refractivity contribution in [3.8, 4) is 0 Å². The molecule has 16 heavy (non-hydrogen) atoms. The van der Waals surface area contributed by atoms with Crippen LogP contribution in [0.5, 0.6) is 0 Å². The maximum Gasteiger partial charge on any atom is 0.326 e. The van der Waals surface area contributed by atoms with Gasteiger partial charge in [-0.3, -0.25) is 4.79 Å². The third kappa shape index (κ3) is 4.10. The van der Waals surface area contributed by atoms with Gasteiger partial charge in [0.25, 0.3) is 0 Å². The van der Waals surface area contributed by atoms with E-state index in [9.17, 15) is 4.79 Å². The van der Waals surface area contributed by atoms with Crippen LogP contribution in [-0.4, -0.2) is 49.7 Å². The molecule has 4 heteroatoms. The van der Waals surface area contributed by atoms with Gasteiger partial charge in [0.15, 0.2) is 0 Å². The number of likely N-dealkylation sites (N-methyl/N-ethyl adjacent to an activating group) is 1. The molecule has 0 bridgehead atoms. The maximum absolute atomic E-state index is 11.8. The van der Waals surface area contributed by atoms with Crippen molar-refractivity contribution in [3.05, 3.63) is 0 Å². The number of ether oxygens (including phenoxy) is 1. The third-order valence-electron chi connectivity index (χ3n) is 3.23. The van der Waals surface area contributed by atoms with Crippen LogP contribution in [0.15, 0.2) is 0 Å². The lowest BCUT2D eigenvalue weighted by molar-refractivity contribution is -0.151. The molecule has 0 saturated heterocycles. The largest absolute Gasteiger partial charge is 0.465 e. The predicted molar refractivity (Wildman–Crippen MR) is 66.5 cm³/mol. The molecule has 0 heterocycles. The fourth-order valence-electron chi connectivity index (χ4n) is 1.64. The highest BCUT2D eigenvalue weighted by Crippen LogP contribution is 2.17. The van der Waals surface area contributed by atoms with Gasteiger partial charge in [-0.15, -0.1) is 0 Å². The lowest BCUT2D eigenvalue weighted by atomic mass is 9.93. The molecule has 0 amide bonds. The van der Waals surface area contributed by atoms with Gasteiger partial charge in [0, 0.05) is 6.04 Å². The van der Waals surface area contributed by atoms with Crippen LogP contribution < -0.4 is 5.32 Å². The van der Waals surface area contributed by atoms with Gasteiger partial charge in [-0.05, 0) is 47.8 Å². The fraction of sp³-hybridized carbons (Fsp3) is 0.917. The van der Waals surface area contributed by atoms with Crippen molar-refractivity contribution in [3.63, 3.8) is 0 Å². The van der Waals surface area contributed by atoms with Crippen LogP contribution in [0.25, 0.3) is 0 Å². The van der Waals surface area contributed by atoms with Crippen LogP contribution in [0.4, 0.5) is 0 Å². The topological polar surface area (TPSA) is 41.6 Å². The molecule has 4 nitrogen and oxygen atoms in total. The molecule has 2 atom stereocenters. The van der Waals surface area contributed by atoms with E-state index in [1.54, 1.807) is 7.05 Å². The van der Waals surface area contributed by atoms with Crippen molar-refractivity contribution in [2.75, 3.05) is 27.2 Å². The number of carbonyl (C=O) groups is 1. The summed E-state index contributed by atoms with van der Waals surface area (Å²) in [5, 5.41) is 3.07. The SMILES string of the molecule is CCOC(=O)C(C)(CC(C)N(C)CC)NC. The highest BCUT2D eigenvalue weighted by molar-refractivity contribution is 5.80. The molecule has 0 saturated carbocycles. The first-order chi connectivity index (χ1) is 7.41. The summed E-state index contributed by atoms with van der Waals surface area (Å²) in [6.45, 7) is 9.36. The first-order valence-corrected chi connectivity index (χ1v) is 5.97. The Kier molecular flexibility index (Phi) is 6.60. The molecule has 0 radical (unpaired) electrons. The van der Waals surface area contributed by atoms with E-state index in [4.69, 9.17) is 4.74 Å². The lowest BCUT2D eigenvalue weighted by Crippen LogP contribution is -2.52. The van der Waals surface area contributed by atoms with Crippen LogP contribution in [-0.2, 0) is 9.53 Å². The van der Waals surface area contributed by atoms with E-state index in [1.165, 1.54) is 0 Å². The summed E-state index contributed by atoms with van der Waals surface area (Å²) in [6.07, 6.45) is 0.743. The van der Waals surface area contributed by atoms with E-state index in [2.05, 4.69) is 31.1 Å². The van der Waals surface area contributed by atoms with E-state index in [-0.39, 0.29) is 5.97 Å². The van der Waals surface area contributed by atoms with Gasteiger partial charge >= 0.3 is 5.97 Å². The summed E-state index contributed by atoms with van der Waals surface area (Å²) in [4.78, 5) is 14.1. The smallest absolute Gasteiger partial charge is 0.326 e. The lowest BCUT2D eigenvalue weighted by Gasteiger charge is -2.33. The van der Waals surface area contributed by atoms with Gasteiger partial charge in [0.05, 0.1) is 6.61 Å². The molecule has 0 aromatic heterocycles. The predicted octanol–water partition coefficient (Wildman–Crippen LogP) is 1.26. The van der Waals surface area contributed by atoms with Crippen molar-refractivity contribution >= 4 is 5.97 Å². The molecule has 0 aromatic rings. The Bertz CT molecular complexity index is 221. The van der Waals surface area contributed by atoms with E-state index in [0.29, 0.717) is 12.6 Å². The van der Waals surface area contributed by atoms with Crippen molar-refractivity contribution < 1.29 is 9.53 Å². The number of esters is 1. The summed E-state index contributed by atoms with van der Waals surface area (Å²) < 4.78 is 5.09. The Morgan fingerprint density at radius 3 is 2.44 bits per heavy atom. The Hall–Kier alpha value is -0.610. The first-order valence-electron chi connectivity index (χ1n) is 5.97. The first kappa shape index (κ1) is 15.4. The van der Waals surface area contributed by atoms with Crippen molar-refractivity contribution in [1.29, 1.82) is 0 Å². The zero-order chi connectivity index (χ0) is 12.8. The number of nitrogens with one attached hydrogen (secondary N) is 1. The van der Waals surface area contributed by atoms with E-state index >= 15 is 0 Å². The number of carbonyl (C=O) groups excluding carboxylic acids is 1. The second-order valence-electron chi connectivity index (χ2n) is 4.43. The summed E-state index contributed by atoms with van der Waals surface area (Å²) in [5.74, 6) is -0.172. The molecule has 0 aliphatic rings. The molecule has 0 aliphatic carbocycles. The highest BCUT2D eigenvalue weighted by Gasteiger charge is 2.35. The highest BCUT2D eigenvalue weighted by atomic mass is 16.5. The third-order valence-corrected chi connectivity index (χ3v) is 3.23. The van der Waals surface area contributed by atoms with Gasteiger partial charge in [0.2, 0.25) is 0 Å². The fourth-order valence-corrected chi connectivity index (χ4v) is 1.64. The van der Waals surface area contributed by atoms with E-state index in [1.807, 2.05) is 13.8 Å². The molecule has 0 aromatic carbocycles. The Morgan fingerprint density at radius 2 is 2.06 bits per heavy atom. The average Bonchev–Trinajstić information content (AvgIpc) is 2.27. The van der Waals surface area contributed by atoms with Gasteiger partial charge in [-0.2, -0.15) is 0 Å². The zero-order valence-electron chi connectivity index (χ0n) is 11.5. The van der Waals surface area contributed by atoms with Crippen molar-refractivity contribution in [1.82, 2.24) is 10.2 Å². The second-order valence-corrected chi connectivity index (χ2v) is 4.43. The van der Waals surface area contributed by atoms with Gasteiger partial charge in [-0.25, -0.2) is 0 Å². The molecule has 0 rings (SSSR count). The molecule has 2 unspecified atom stereocenters. The zero-order valence-corrected chi connectivity index (χ0v) is 11.5. The molecule has 1 N–H and O–H groups in total. The van der Waals surface area contributed by atoms with Gasteiger partial charge < -0.3 is 15.0 Å². The monoisotopic (exact) mass is 230 g/mol. The van der Waals surface area contributed by atoms with E-state index in [0.717, 1.165) is 13.0 Å². The quantitative estimate of drug-likeness (QED) is 0.669. The summed E-state index contributed by atoms with van der Waals surface area (Å²) >= 11 is 0. The minimum Gasteiger partial charge on any atom is -0.465 e. The Balaban J connectivity index is 4.52.